The third-order valence-electron chi connectivity index (χ3n) is 5.25. The average molecular weight is 415 g/mol. The number of likely N-dealkylation sites (tertiary alicyclic amines) is 1. The third kappa shape index (κ3) is 3.93. The lowest BCUT2D eigenvalue weighted by Gasteiger charge is -2.36. The zero-order valence-corrected chi connectivity index (χ0v) is 15.9. The zero-order chi connectivity index (χ0) is 21.4. The summed E-state index contributed by atoms with van der Waals surface area (Å²) in [5.74, 6) is -1.62. The molecule has 1 amide bonds. The molecule has 29 heavy (non-hydrogen) atoms. The van der Waals surface area contributed by atoms with E-state index >= 15 is 0 Å². The number of ether oxygens (including phenoxy) is 1. The first-order valence-electron chi connectivity index (χ1n) is 9.01. The SMILES string of the molecule is COc1ccc(-n2cncc2C2CCN(C(=O)C(C)(O)C(F)(F)F)CC2)c(F)c1. The second-order valence-corrected chi connectivity index (χ2v) is 7.14. The van der Waals surface area contributed by atoms with E-state index < -0.39 is 23.5 Å². The number of imidazole rings is 1. The number of methoxy groups -OCH3 is 1. The highest BCUT2D eigenvalue weighted by molar-refractivity contribution is 5.85. The molecule has 1 aliphatic heterocycles. The number of aromatic nitrogens is 2. The van der Waals surface area contributed by atoms with E-state index in [4.69, 9.17) is 4.74 Å². The molecule has 1 aromatic heterocycles. The topological polar surface area (TPSA) is 67.6 Å². The van der Waals surface area contributed by atoms with Crippen LogP contribution in [0.15, 0.2) is 30.7 Å². The molecule has 2 heterocycles. The molecule has 158 valence electrons. The number of rotatable bonds is 4. The highest BCUT2D eigenvalue weighted by Crippen LogP contribution is 2.35. The van der Waals surface area contributed by atoms with Gasteiger partial charge in [0.1, 0.15) is 5.75 Å². The van der Waals surface area contributed by atoms with E-state index in [-0.39, 0.29) is 24.7 Å². The molecule has 0 saturated carbocycles. The van der Waals surface area contributed by atoms with Gasteiger partial charge in [-0.3, -0.25) is 4.79 Å². The molecule has 0 radical (unpaired) electrons. The standard InChI is InChI=1S/C19H21F4N3O3/c1-18(28,19(21,22)23)17(27)25-7-5-12(6-8-25)16-10-24-11-26(16)15-4-3-13(29-2)9-14(15)20/h3-4,9-12,28H,5-8H2,1-2H3. The molecule has 1 saturated heterocycles. The number of aliphatic hydroxyl groups is 1. The molecule has 1 N–H and O–H groups in total. The van der Waals surface area contributed by atoms with Crippen molar-refractivity contribution in [1.29, 1.82) is 0 Å². The normalized spacial score (nSPS) is 17.8. The van der Waals surface area contributed by atoms with Gasteiger partial charge in [0.25, 0.3) is 5.91 Å². The molecule has 2 aromatic rings. The zero-order valence-electron chi connectivity index (χ0n) is 15.9. The van der Waals surface area contributed by atoms with Gasteiger partial charge in [0.05, 0.1) is 19.1 Å². The molecule has 0 spiro atoms. The van der Waals surface area contributed by atoms with E-state index in [2.05, 4.69) is 4.98 Å². The highest BCUT2D eigenvalue weighted by Gasteiger charge is 2.57. The Hall–Kier alpha value is -2.62. The van der Waals surface area contributed by atoms with Crippen molar-refractivity contribution in [1.82, 2.24) is 14.5 Å². The van der Waals surface area contributed by atoms with Crippen molar-refractivity contribution in [2.45, 2.75) is 37.5 Å². The maximum atomic E-state index is 14.4. The van der Waals surface area contributed by atoms with Crippen LogP contribution in [0.4, 0.5) is 17.6 Å². The minimum absolute atomic E-state index is 0.0476. The van der Waals surface area contributed by atoms with Crippen molar-refractivity contribution < 1.29 is 32.2 Å². The van der Waals surface area contributed by atoms with E-state index in [9.17, 15) is 27.5 Å². The minimum Gasteiger partial charge on any atom is -0.497 e. The Morgan fingerprint density at radius 1 is 1.28 bits per heavy atom. The van der Waals surface area contributed by atoms with Crippen molar-refractivity contribution in [3.8, 4) is 11.4 Å². The summed E-state index contributed by atoms with van der Waals surface area (Å²) >= 11 is 0. The number of alkyl halides is 3. The van der Waals surface area contributed by atoms with Crippen LogP contribution in [0.1, 0.15) is 31.4 Å². The Morgan fingerprint density at radius 2 is 1.93 bits per heavy atom. The molecule has 1 aliphatic rings. The first-order valence-corrected chi connectivity index (χ1v) is 9.01. The van der Waals surface area contributed by atoms with Gasteiger partial charge in [0, 0.05) is 37.0 Å². The average Bonchev–Trinajstić information content (AvgIpc) is 3.16. The van der Waals surface area contributed by atoms with Crippen molar-refractivity contribution in [2.24, 2.45) is 0 Å². The molecule has 10 heteroatoms. The smallest absolute Gasteiger partial charge is 0.426 e. The first-order chi connectivity index (χ1) is 13.6. The summed E-state index contributed by atoms with van der Waals surface area (Å²) in [6.45, 7) is 0.557. The number of piperidine rings is 1. The van der Waals surface area contributed by atoms with Crippen LogP contribution in [0.3, 0.4) is 0 Å². The van der Waals surface area contributed by atoms with Gasteiger partial charge in [-0.25, -0.2) is 9.37 Å². The van der Waals surface area contributed by atoms with Gasteiger partial charge >= 0.3 is 6.18 Å². The lowest BCUT2D eigenvalue weighted by atomic mass is 9.92. The van der Waals surface area contributed by atoms with Crippen LogP contribution in [-0.4, -0.2) is 57.4 Å². The molecule has 1 aromatic carbocycles. The van der Waals surface area contributed by atoms with Gasteiger partial charge in [-0.05, 0) is 31.9 Å². The number of hydrogen-bond donors (Lipinski definition) is 1. The Bertz CT molecular complexity index is 887. The summed E-state index contributed by atoms with van der Waals surface area (Å²) in [4.78, 5) is 17.2. The van der Waals surface area contributed by atoms with Crippen LogP contribution in [0.2, 0.25) is 0 Å². The molecule has 3 rings (SSSR count). The highest BCUT2D eigenvalue weighted by atomic mass is 19.4. The Labute approximate surface area is 164 Å². The summed E-state index contributed by atoms with van der Waals surface area (Å²) in [6, 6.07) is 4.42. The van der Waals surface area contributed by atoms with Gasteiger partial charge in [0.2, 0.25) is 5.60 Å². The summed E-state index contributed by atoms with van der Waals surface area (Å²) in [7, 11) is 1.43. The van der Waals surface area contributed by atoms with Crippen LogP contribution in [0.5, 0.6) is 5.75 Å². The summed E-state index contributed by atoms with van der Waals surface area (Å²) in [5, 5.41) is 9.61. The number of nitrogens with zero attached hydrogens (tertiary/aromatic N) is 3. The predicted molar refractivity (Wildman–Crippen MR) is 95.3 cm³/mol. The van der Waals surface area contributed by atoms with Crippen LogP contribution in [0, 0.1) is 5.82 Å². The summed E-state index contributed by atoms with van der Waals surface area (Å²) < 4.78 is 59.8. The fourth-order valence-electron chi connectivity index (χ4n) is 3.43. The Balaban J connectivity index is 1.75. The van der Waals surface area contributed by atoms with Crippen molar-refractivity contribution in [3.05, 3.63) is 42.2 Å². The number of carbonyl (C=O) groups is 1. The molecule has 6 nitrogen and oxygen atoms in total. The van der Waals surface area contributed by atoms with Gasteiger partial charge in [0.15, 0.2) is 5.82 Å². The third-order valence-corrected chi connectivity index (χ3v) is 5.25. The predicted octanol–water partition coefficient (Wildman–Crippen LogP) is 3.04. The van der Waals surface area contributed by atoms with Gasteiger partial charge < -0.3 is 19.3 Å². The van der Waals surface area contributed by atoms with Crippen LogP contribution in [-0.2, 0) is 4.79 Å². The number of benzene rings is 1. The van der Waals surface area contributed by atoms with E-state index in [0.29, 0.717) is 31.2 Å². The molecule has 0 aliphatic carbocycles. The molecular formula is C19H21F4N3O3. The quantitative estimate of drug-likeness (QED) is 0.780. The van der Waals surface area contributed by atoms with Gasteiger partial charge in [-0.1, -0.05) is 0 Å². The molecule has 0 bridgehead atoms. The van der Waals surface area contributed by atoms with Crippen LogP contribution in [0.25, 0.3) is 5.69 Å². The fourth-order valence-corrected chi connectivity index (χ4v) is 3.43. The number of amides is 1. The molecular weight excluding hydrogens is 394 g/mol. The maximum Gasteiger partial charge on any atom is 0.426 e. The van der Waals surface area contributed by atoms with Gasteiger partial charge in [-0.2, -0.15) is 13.2 Å². The summed E-state index contributed by atoms with van der Waals surface area (Å²) in [6.07, 6.45) is -1.28. The molecule has 1 fully saturated rings. The van der Waals surface area contributed by atoms with Crippen molar-refractivity contribution in [3.63, 3.8) is 0 Å². The van der Waals surface area contributed by atoms with Crippen LogP contribution >= 0.6 is 0 Å². The molecule has 1 atom stereocenters. The van der Waals surface area contributed by atoms with Crippen molar-refractivity contribution in [2.75, 3.05) is 20.2 Å². The maximum absolute atomic E-state index is 14.4. The van der Waals surface area contributed by atoms with E-state index in [1.54, 1.807) is 22.9 Å². The number of carbonyl (C=O) groups excluding carboxylic acids is 1. The summed E-state index contributed by atoms with van der Waals surface area (Å²) in [5.41, 5.74) is -2.45. The van der Waals surface area contributed by atoms with Gasteiger partial charge in [-0.15, -0.1) is 0 Å². The van der Waals surface area contributed by atoms with E-state index in [1.807, 2.05) is 0 Å². The van der Waals surface area contributed by atoms with E-state index in [0.717, 1.165) is 4.90 Å². The number of hydrogen-bond acceptors (Lipinski definition) is 4. The Kier molecular flexibility index (Phi) is 5.57. The fraction of sp³-hybridized carbons (Fsp3) is 0.474. The van der Waals surface area contributed by atoms with Crippen molar-refractivity contribution >= 4 is 5.91 Å². The Morgan fingerprint density at radius 3 is 2.48 bits per heavy atom. The second-order valence-electron chi connectivity index (χ2n) is 7.14. The molecule has 1 unspecified atom stereocenters. The number of halogens is 4. The first kappa shape index (κ1) is 21.1. The lowest BCUT2D eigenvalue weighted by molar-refractivity contribution is -0.250. The van der Waals surface area contributed by atoms with Crippen LogP contribution < -0.4 is 4.74 Å². The largest absolute Gasteiger partial charge is 0.497 e. The minimum atomic E-state index is -5.05. The van der Waals surface area contributed by atoms with E-state index in [1.165, 1.54) is 19.5 Å². The monoisotopic (exact) mass is 415 g/mol. The second kappa shape index (κ2) is 7.66. The lowest BCUT2D eigenvalue weighted by Crippen LogP contribution is -2.57.